The third-order valence-corrected chi connectivity index (χ3v) is 2.97. The Morgan fingerprint density at radius 3 is 3.06 bits per heavy atom. The van der Waals surface area contributed by atoms with E-state index in [0.29, 0.717) is 6.54 Å². The van der Waals surface area contributed by atoms with Crippen LogP contribution in [0.2, 0.25) is 5.02 Å². The second-order valence-electron chi connectivity index (χ2n) is 4.11. The molecule has 0 atom stereocenters. The van der Waals surface area contributed by atoms with E-state index in [-0.39, 0.29) is 6.61 Å². The number of fused-ring (bicyclic) bond motifs is 1. The highest BCUT2D eigenvalue weighted by molar-refractivity contribution is 6.30. The molecule has 1 aromatic carbocycles. The van der Waals surface area contributed by atoms with Gasteiger partial charge in [-0.15, -0.1) is 0 Å². The monoisotopic (exact) mass is 241 g/mol. The minimum Gasteiger partial charge on any atom is -0.493 e. The van der Waals surface area contributed by atoms with Gasteiger partial charge in [-0.05, 0) is 24.7 Å². The Bertz CT molecular complexity index is 382. The van der Waals surface area contributed by atoms with Crippen molar-refractivity contribution in [2.45, 2.75) is 13.0 Å². The van der Waals surface area contributed by atoms with Gasteiger partial charge < -0.3 is 9.84 Å². The maximum absolute atomic E-state index is 8.86. The van der Waals surface area contributed by atoms with Gasteiger partial charge >= 0.3 is 0 Å². The molecule has 1 N–H and O–H groups in total. The Balaban J connectivity index is 2.20. The molecule has 16 heavy (non-hydrogen) atoms. The van der Waals surface area contributed by atoms with E-state index in [0.717, 1.165) is 35.9 Å². The lowest BCUT2D eigenvalue weighted by Gasteiger charge is -2.17. The molecule has 0 saturated heterocycles. The summed E-state index contributed by atoms with van der Waals surface area (Å²) in [7, 11) is 1.97. The van der Waals surface area contributed by atoms with Crippen LogP contribution in [-0.2, 0) is 13.0 Å². The third-order valence-electron chi connectivity index (χ3n) is 2.75. The molecule has 2 rings (SSSR count). The number of hydrogen-bond donors (Lipinski definition) is 1. The van der Waals surface area contributed by atoms with Crippen LogP contribution in [0, 0.1) is 0 Å². The highest BCUT2D eigenvalue weighted by atomic mass is 35.5. The van der Waals surface area contributed by atoms with Gasteiger partial charge in [0.2, 0.25) is 0 Å². The molecule has 0 saturated carbocycles. The molecule has 1 aliphatic rings. The van der Waals surface area contributed by atoms with E-state index < -0.39 is 0 Å². The van der Waals surface area contributed by atoms with Crippen LogP contribution in [0.1, 0.15) is 11.1 Å². The van der Waals surface area contributed by atoms with Crippen LogP contribution in [0.4, 0.5) is 0 Å². The Morgan fingerprint density at radius 2 is 2.31 bits per heavy atom. The number of ether oxygens (including phenoxy) is 1. The zero-order valence-electron chi connectivity index (χ0n) is 9.37. The molecular weight excluding hydrogens is 226 g/mol. The van der Waals surface area contributed by atoms with Crippen molar-refractivity contribution in [3.63, 3.8) is 0 Å². The number of likely N-dealkylation sites (N-methyl/N-ethyl adjacent to an activating group) is 1. The summed E-state index contributed by atoms with van der Waals surface area (Å²) in [5.74, 6) is 0.981. The average Bonchev–Trinajstić information content (AvgIpc) is 2.65. The van der Waals surface area contributed by atoms with Crippen molar-refractivity contribution in [3.8, 4) is 5.75 Å². The summed E-state index contributed by atoms with van der Waals surface area (Å²) < 4.78 is 5.62. The average molecular weight is 242 g/mol. The van der Waals surface area contributed by atoms with Crippen LogP contribution in [0.25, 0.3) is 0 Å². The number of halogens is 1. The van der Waals surface area contributed by atoms with E-state index in [1.807, 2.05) is 24.1 Å². The molecule has 0 unspecified atom stereocenters. The minimum absolute atomic E-state index is 0.167. The van der Waals surface area contributed by atoms with Crippen LogP contribution in [0.5, 0.6) is 5.75 Å². The van der Waals surface area contributed by atoms with E-state index in [1.165, 1.54) is 5.56 Å². The summed E-state index contributed by atoms with van der Waals surface area (Å²) in [5.41, 5.74) is 2.30. The zero-order valence-corrected chi connectivity index (χ0v) is 10.1. The Hall–Kier alpha value is -0.770. The van der Waals surface area contributed by atoms with Crippen molar-refractivity contribution in [3.05, 3.63) is 28.3 Å². The summed E-state index contributed by atoms with van der Waals surface area (Å²) in [5, 5.41) is 9.62. The van der Waals surface area contributed by atoms with Crippen LogP contribution in [0.15, 0.2) is 12.1 Å². The lowest BCUT2D eigenvalue weighted by Crippen LogP contribution is -2.21. The number of nitrogens with zero attached hydrogens (tertiary/aromatic N) is 1. The number of benzene rings is 1. The molecule has 1 aliphatic heterocycles. The van der Waals surface area contributed by atoms with Gasteiger partial charge in [0, 0.05) is 30.1 Å². The molecule has 0 aromatic heterocycles. The van der Waals surface area contributed by atoms with Crippen molar-refractivity contribution in [2.75, 3.05) is 26.8 Å². The first kappa shape index (κ1) is 11.7. The molecule has 0 fully saturated rings. The number of hydrogen-bond acceptors (Lipinski definition) is 3. The fraction of sp³-hybridized carbons (Fsp3) is 0.500. The van der Waals surface area contributed by atoms with E-state index >= 15 is 0 Å². The maximum Gasteiger partial charge on any atom is 0.127 e. The standard InChI is InChI=1S/C12H16ClNO2/c1-14(3-4-15)8-10-7-11(13)6-9-2-5-16-12(9)10/h6-7,15H,2-5,8H2,1H3. The zero-order chi connectivity index (χ0) is 11.5. The molecule has 0 radical (unpaired) electrons. The number of aliphatic hydroxyl groups excluding tert-OH is 1. The summed E-state index contributed by atoms with van der Waals surface area (Å²) in [6, 6.07) is 3.92. The maximum atomic E-state index is 8.86. The molecule has 0 bridgehead atoms. The van der Waals surface area contributed by atoms with E-state index in [4.69, 9.17) is 21.4 Å². The van der Waals surface area contributed by atoms with Crippen molar-refractivity contribution >= 4 is 11.6 Å². The SMILES string of the molecule is CN(CCO)Cc1cc(Cl)cc2c1OCC2. The molecule has 0 spiro atoms. The van der Waals surface area contributed by atoms with Gasteiger partial charge in [-0.25, -0.2) is 0 Å². The normalized spacial score (nSPS) is 14.0. The van der Waals surface area contributed by atoms with Gasteiger partial charge in [0.15, 0.2) is 0 Å². The molecule has 1 heterocycles. The summed E-state index contributed by atoms with van der Waals surface area (Å²) >= 11 is 6.07. The Kier molecular flexibility index (Phi) is 3.69. The molecule has 3 nitrogen and oxygen atoms in total. The first-order valence-electron chi connectivity index (χ1n) is 5.44. The molecule has 4 heteroatoms. The van der Waals surface area contributed by atoms with Crippen molar-refractivity contribution in [2.24, 2.45) is 0 Å². The first-order valence-corrected chi connectivity index (χ1v) is 5.82. The fourth-order valence-electron chi connectivity index (χ4n) is 2.00. The van der Waals surface area contributed by atoms with Gasteiger partial charge in [0.25, 0.3) is 0 Å². The van der Waals surface area contributed by atoms with Gasteiger partial charge in [0.1, 0.15) is 5.75 Å². The van der Waals surface area contributed by atoms with E-state index in [2.05, 4.69) is 0 Å². The smallest absolute Gasteiger partial charge is 0.127 e. The highest BCUT2D eigenvalue weighted by Gasteiger charge is 2.18. The number of aliphatic hydroxyl groups is 1. The predicted octanol–water partition coefficient (Wildman–Crippen LogP) is 1.70. The molecule has 0 amide bonds. The molecule has 0 aliphatic carbocycles. The topological polar surface area (TPSA) is 32.7 Å². The lowest BCUT2D eigenvalue weighted by molar-refractivity contribution is 0.215. The third kappa shape index (κ3) is 2.48. The first-order chi connectivity index (χ1) is 7.70. The van der Waals surface area contributed by atoms with Crippen molar-refractivity contribution < 1.29 is 9.84 Å². The van der Waals surface area contributed by atoms with Crippen LogP contribution >= 0.6 is 11.6 Å². The number of rotatable bonds is 4. The van der Waals surface area contributed by atoms with Crippen molar-refractivity contribution in [1.29, 1.82) is 0 Å². The minimum atomic E-state index is 0.167. The Labute approximate surface area is 101 Å². The summed E-state index contributed by atoms with van der Waals surface area (Å²) in [6.07, 6.45) is 0.937. The second-order valence-corrected chi connectivity index (χ2v) is 4.55. The van der Waals surface area contributed by atoms with Gasteiger partial charge in [-0.2, -0.15) is 0 Å². The van der Waals surface area contributed by atoms with Crippen LogP contribution in [0.3, 0.4) is 0 Å². The lowest BCUT2D eigenvalue weighted by atomic mass is 10.1. The van der Waals surface area contributed by atoms with E-state index in [9.17, 15) is 0 Å². The van der Waals surface area contributed by atoms with Gasteiger partial charge in [-0.3, -0.25) is 4.90 Å². The molecule has 88 valence electrons. The Morgan fingerprint density at radius 1 is 1.50 bits per heavy atom. The van der Waals surface area contributed by atoms with Crippen LogP contribution in [-0.4, -0.2) is 36.8 Å². The van der Waals surface area contributed by atoms with Gasteiger partial charge in [0.05, 0.1) is 13.2 Å². The quantitative estimate of drug-likeness (QED) is 0.871. The summed E-state index contributed by atoms with van der Waals surface area (Å²) in [6.45, 7) is 2.32. The van der Waals surface area contributed by atoms with E-state index in [1.54, 1.807) is 0 Å². The highest BCUT2D eigenvalue weighted by Crippen LogP contribution is 2.33. The van der Waals surface area contributed by atoms with Crippen molar-refractivity contribution in [1.82, 2.24) is 4.90 Å². The largest absolute Gasteiger partial charge is 0.493 e. The van der Waals surface area contributed by atoms with Crippen LogP contribution < -0.4 is 4.74 Å². The second kappa shape index (κ2) is 5.04. The fourth-order valence-corrected chi connectivity index (χ4v) is 2.27. The molecule has 1 aromatic rings. The van der Waals surface area contributed by atoms with Gasteiger partial charge in [-0.1, -0.05) is 11.6 Å². The summed E-state index contributed by atoms with van der Waals surface area (Å²) in [4.78, 5) is 2.05. The predicted molar refractivity (Wildman–Crippen MR) is 64.1 cm³/mol. The molecular formula is C12H16ClNO2.